The topological polar surface area (TPSA) is 63.3 Å². The van der Waals surface area contributed by atoms with Gasteiger partial charge in [0.1, 0.15) is 6.04 Å². The van der Waals surface area contributed by atoms with Crippen molar-refractivity contribution in [1.29, 1.82) is 0 Å². The highest BCUT2D eigenvalue weighted by molar-refractivity contribution is 8.01. The monoisotopic (exact) mass is 393 g/mol. The first-order chi connectivity index (χ1) is 13.1. The number of thioether (sulfide) groups is 1. The van der Waals surface area contributed by atoms with Gasteiger partial charge in [-0.05, 0) is 15.6 Å². The quantitative estimate of drug-likeness (QED) is 0.453. The summed E-state index contributed by atoms with van der Waals surface area (Å²) in [5.74, 6) is -0.551. The number of benzene rings is 3. The number of rotatable bonds is 8. The Kier molecular flexibility index (Phi) is 6.50. The van der Waals surface area contributed by atoms with E-state index >= 15 is 0 Å². The van der Waals surface area contributed by atoms with Gasteiger partial charge in [0.25, 0.3) is 0 Å². The van der Waals surface area contributed by atoms with Crippen molar-refractivity contribution in [2.45, 2.75) is 6.04 Å². The highest BCUT2D eigenvalue weighted by Gasteiger charge is 2.39. The second kappa shape index (κ2) is 9.04. The summed E-state index contributed by atoms with van der Waals surface area (Å²) < 4.78 is 0. The van der Waals surface area contributed by atoms with Gasteiger partial charge in [0.2, 0.25) is 0 Å². The average molecular weight is 394 g/mol. The molecule has 0 heterocycles. The third-order valence-corrected chi connectivity index (χ3v) is 11.8. The fraction of sp³-hybridized carbons (Fsp3) is 0.136. The van der Waals surface area contributed by atoms with E-state index in [9.17, 15) is 4.79 Å². The Bertz CT molecular complexity index is 763. The van der Waals surface area contributed by atoms with Crippen LogP contribution in [0.5, 0.6) is 0 Å². The number of carbonyl (C=O) groups is 1. The van der Waals surface area contributed by atoms with Crippen molar-refractivity contribution >= 4 is 41.4 Å². The molecule has 138 valence electrons. The average Bonchev–Trinajstić information content (AvgIpc) is 2.73. The number of nitrogens with two attached hydrogens (primary N) is 1. The lowest BCUT2D eigenvalue weighted by atomic mass is 10.3. The molecule has 3 aromatic rings. The standard InChI is InChI=1S/C22H23NO2SSi/c23-21(22(24)25)16-26-17-27(18-10-4-1-5-11-18,19-12-6-2-7-13-19)20-14-8-3-9-15-20/h1-15,21H,16-17,23H2,(H,24,25)/t21-/m0/s1. The first-order valence-corrected chi connectivity index (χ1v) is 12.2. The number of hydrogen-bond donors (Lipinski definition) is 2. The Hall–Kier alpha value is -2.34. The van der Waals surface area contributed by atoms with Gasteiger partial charge in [-0.2, -0.15) is 11.8 Å². The van der Waals surface area contributed by atoms with Crippen LogP contribution < -0.4 is 21.3 Å². The van der Waals surface area contributed by atoms with Crippen LogP contribution in [0.1, 0.15) is 0 Å². The van der Waals surface area contributed by atoms with Crippen molar-refractivity contribution in [1.82, 2.24) is 0 Å². The normalized spacial score (nSPS) is 12.5. The Morgan fingerprint density at radius 1 is 0.815 bits per heavy atom. The molecule has 3 nitrogen and oxygen atoms in total. The molecular formula is C22H23NO2SSi. The van der Waals surface area contributed by atoms with Gasteiger partial charge < -0.3 is 10.8 Å². The molecule has 0 bridgehead atoms. The van der Waals surface area contributed by atoms with Crippen LogP contribution in [0, 0.1) is 0 Å². The predicted molar refractivity (Wildman–Crippen MR) is 117 cm³/mol. The molecule has 0 amide bonds. The van der Waals surface area contributed by atoms with Crippen molar-refractivity contribution in [3.05, 3.63) is 91.0 Å². The van der Waals surface area contributed by atoms with Crippen molar-refractivity contribution in [2.75, 3.05) is 11.1 Å². The van der Waals surface area contributed by atoms with Crippen LogP contribution in [0.4, 0.5) is 0 Å². The molecule has 0 aliphatic rings. The fourth-order valence-electron chi connectivity index (χ4n) is 3.33. The molecule has 0 aromatic heterocycles. The lowest BCUT2D eigenvalue weighted by molar-refractivity contribution is -0.137. The minimum Gasteiger partial charge on any atom is -0.480 e. The summed E-state index contributed by atoms with van der Waals surface area (Å²) in [6, 6.07) is 30.9. The molecule has 0 aliphatic carbocycles. The van der Waals surface area contributed by atoms with Gasteiger partial charge in [0, 0.05) is 11.1 Å². The zero-order valence-electron chi connectivity index (χ0n) is 15.0. The molecule has 0 spiro atoms. The van der Waals surface area contributed by atoms with E-state index in [4.69, 9.17) is 10.8 Å². The molecule has 3 rings (SSSR count). The lowest BCUT2D eigenvalue weighted by Crippen LogP contribution is -2.69. The van der Waals surface area contributed by atoms with Gasteiger partial charge in [-0.25, -0.2) is 0 Å². The molecule has 0 saturated carbocycles. The summed E-state index contributed by atoms with van der Waals surface area (Å²) in [7, 11) is -2.31. The minimum absolute atomic E-state index is 0.399. The van der Waals surface area contributed by atoms with Crippen LogP contribution >= 0.6 is 11.8 Å². The molecule has 0 fully saturated rings. The predicted octanol–water partition coefficient (Wildman–Crippen LogP) is 1.84. The van der Waals surface area contributed by atoms with Crippen LogP contribution in [0.25, 0.3) is 0 Å². The van der Waals surface area contributed by atoms with Crippen LogP contribution in [0.2, 0.25) is 0 Å². The molecule has 3 aromatic carbocycles. The van der Waals surface area contributed by atoms with Crippen molar-refractivity contribution in [3.8, 4) is 0 Å². The maximum atomic E-state index is 11.1. The van der Waals surface area contributed by atoms with E-state index in [-0.39, 0.29) is 0 Å². The summed E-state index contributed by atoms with van der Waals surface area (Å²) >= 11 is 1.64. The van der Waals surface area contributed by atoms with E-state index in [1.165, 1.54) is 15.6 Å². The van der Waals surface area contributed by atoms with E-state index in [0.717, 1.165) is 5.38 Å². The first kappa shape index (κ1) is 19.4. The van der Waals surface area contributed by atoms with E-state index in [0.29, 0.717) is 5.75 Å². The Morgan fingerprint density at radius 3 is 1.52 bits per heavy atom. The number of hydrogen-bond acceptors (Lipinski definition) is 3. The van der Waals surface area contributed by atoms with Gasteiger partial charge in [-0.3, -0.25) is 4.79 Å². The lowest BCUT2D eigenvalue weighted by Gasteiger charge is -2.33. The zero-order valence-corrected chi connectivity index (χ0v) is 16.8. The SMILES string of the molecule is N[C@@H](CSC[Si](c1ccccc1)(c1ccccc1)c1ccccc1)C(=O)O. The summed E-state index contributed by atoms with van der Waals surface area (Å²) in [6.07, 6.45) is 0. The molecule has 3 N–H and O–H groups in total. The van der Waals surface area contributed by atoms with E-state index < -0.39 is 20.1 Å². The zero-order chi connectivity index (χ0) is 19.1. The number of carboxylic acids is 1. The van der Waals surface area contributed by atoms with E-state index in [2.05, 4.69) is 72.8 Å². The Morgan fingerprint density at radius 2 is 1.19 bits per heavy atom. The molecule has 5 heteroatoms. The van der Waals surface area contributed by atoms with E-state index in [1.54, 1.807) is 11.8 Å². The number of aliphatic carboxylic acids is 1. The van der Waals surface area contributed by atoms with Crippen molar-refractivity contribution < 1.29 is 9.90 Å². The van der Waals surface area contributed by atoms with Crippen LogP contribution in [0.3, 0.4) is 0 Å². The second-order valence-electron chi connectivity index (χ2n) is 6.46. The summed E-state index contributed by atoms with van der Waals surface area (Å²) in [6.45, 7) is 0. The maximum Gasteiger partial charge on any atom is 0.321 e. The van der Waals surface area contributed by atoms with E-state index in [1.807, 2.05) is 18.2 Å². The maximum absolute atomic E-state index is 11.1. The molecular weight excluding hydrogens is 370 g/mol. The molecule has 0 unspecified atom stereocenters. The van der Waals surface area contributed by atoms with Crippen LogP contribution in [-0.2, 0) is 4.79 Å². The Labute approximate surface area is 165 Å². The molecule has 0 radical (unpaired) electrons. The molecule has 27 heavy (non-hydrogen) atoms. The van der Waals surface area contributed by atoms with Gasteiger partial charge in [0.15, 0.2) is 8.07 Å². The molecule has 1 atom stereocenters. The smallest absolute Gasteiger partial charge is 0.321 e. The molecule has 0 aliphatic heterocycles. The summed E-state index contributed by atoms with van der Waals surface area (Å²) in [5.41, 5.74) is 5.76. The summed E-state index contributed by atoms with van der Waals surface area (Å²) in [4.78, 5) is 11.1. The largest absolute Gasteiger partial charge is 0.480 e. The Balaban J connectivity index is 2.10. The van der Waals surface area contributed by atoms with Gasteiger partial charge in [-0.1, -0.05) is 91.0 Å². The number of carboxylic acid groups (broad SMARTS) is 1. The second-order valence-corrected chi connectivity index (χ2v) is 11.9. The highest BCUT2D eigenvalue weighted by atomic mass is 32.2. The third-order valence-electron chi connectivity index (χ3n) is 4.73. The van der Waals surface area contributed by atoms with Gasteiger partial charge in [-0.15, -0.1) is 0 Å². The molecule has 0 saturated heterocycles. The minimum atomic E-state index is -2.31. The van der Waals surface area contributed by atoms with Crippen molar-refractivity contribution in [2.24, 2.45) is 5.73 Å². The van der Waals surface area contributed by atoms with Gasteiger partial charge >= 0.3 is 5.97 Å². The van der Waals surface area contributed by atoms with Crippen LogP contribution in [-0.4, -0.2) is 36.3 Å². The summed E-state index contributed by atoms with van der Waals surface area (Å²) in [5, 5.41) is 13.9. The fourth-order valence-corrected chi connectivity index (χ4v) is 10.7. The van der Waals surface area contributed by atoms with Crippen molar-refractivity contribution in [3.63, 3.8) is 0 Å². The van der Waals surface area contributed by atoms with Gasteiger partial charge in [0.05, 0.1) is 0 Å². The van der Waals surface area contributed by atoms with Crippen LogP contribution in [0.15, 0.2) is 91.0 Å². The first-order valence-electron chi connectivity index (χ1n) is 8.87. The third kappa shape index (κ3) is 4.32. The highest BCUT2D eigenvalue weighted by Crippen LogP contribution is 2.15.